The first-order valence-electron chi connectivity index (χ1n) is 4.34. The van der Waals surface area contributed by atoms with Gasteiger partial charge in [-0.3, -0.25) is 14.8 Å². The fourth-order valence-corrected chi connectivity index (χ4v) is 0.908. The van der Waals surface area contributed by atoms with Crippen molar-refractivity contribution in [3.8, 4) is 0 Å². The van der Waals surface area contributed by atoms with E-state index in [2.05, 4.69) is 5.32 Å². The van der Waals surface area contributed by atoms with Crippen LogP contribution in [0.2, 0.25) is 0 Å². The number of amides is 2. The Hall–Kier alpha value is -1.10. The summed E-state index contributed by atoms with van der Waals surface area (Å²) in [5.41, 5.74) is 1.57. The molecule has 0 saturated carbocycles. The van der Waals surface area contributed by atoms with E-state index in [4.69, 9.17) is 5.21 Å². The average Bonchev–Trinajstić information content (AvgIpc) is 2.10. The molecular formula is C8H16N2O3. The molecule has 0 aromatic rings. The van der Waals surface area contributed by atoms with Gasteiger partial charge in [0.25, 0.3) is 0 Å². The Morgan fingerprint density at radius 3 is 2.46 bits per heavy atom. The van der Waals surface area contributed by atoms with Crippen LogP contribution in [0.15, 0.2) is 0 Å². The maximum atomic E-state index is 10.5. The van der Waals surface area contributed by atoms with Gasteiger partial charge >= 0.3 is 0 Å². The average molecular weight is 188 g/mol. The van der Waals surface area contributed by atoms with Gasteiger partial charge < -0.3 is 5.32 Å². The van der Waals surface area contributed by atoms with Crippen LogP contribution in [0.4, 0.5) is 0 Å². The summed E-state index contributed by atoms with van der Waals surface area (Å²) < 4.78 is 0. The lowest BCUT2D eigenvalue weighted by Crippen LogP contribution is -2.21. The fourth-order valence-electron chi connectivity index (χ4n) is 0.908. The number of hydrogen-bond donors (Lipinski definition) is 3. The Balaban J connectivity index is 3.08. The van der Waals surface area contributed by atoms with Crippen molar-refractivity contribution in [2.75, 3.05) is 6.54 Å². The van der Waals surface area contributed by atoms with Gasteiger partial charge in [0.2, 0.25) is 11.8 Å². The molecule has 3 N–H and O–H groups in total. The first kappa shape index (κ1) is 11.9. The Labute approximate surface area is 77.5 Å². The van der Waals surface area contributed by atoms with Crippen LogP contribution in [-0.4, -0.2) is 23.6 Å². The molecule has 2 amide bonds. The second-order valence-corrected chi connectivity index (χ2v) is 2.83. The minimum atomic E-state index is -0.362. The second-order valence-electron chi connectivity index (χ2n) is 2.83. The normalized spacial score (nSPS) is 9.38. The van der Waals surface area contributed by atoms with Crippen molar-refractivity contribution in [2.45, 2.75) is 32.6 Å². The highest BCUT2D eigenvalue weighted by Crippen LogP contribution is 1.98. The summed E-state index contributed by atoms with van der Waals surface area (Å²) in [5, 5.41) is 10.8. The molecule has 0 heterocycles. The molecule has 0 aliphatic rings. The van der Waals surface area contributed by atoms with Gasteiger partial charge in [0.05, 0.1) is 0 Å². The predicted molar refractivity (Wildman–Crippen MR) is 47.1 cm³/mol. The Bertz CT molecular complexity index is 171. The Morgan fingerprint density at radius 2 is 1.92 bits per heavy atom. The predicted octanol–water partition coefficient (Wildman–Crippen LogP) is 0.188. The van der Waals surface area contributed by atoms with Gasteiger partial charge in [-0.05, 0) is 12.8 Å². The summed E-state index contributed by atoms with van der Waals surface area (Å²) in [5.74, 6) is -0.396. The van der Waals surface area contributed by atoms with E-state index in [1.165, 1.54) is 6.92 Å². The fraction of sp³-hybridized carbons (Fsp3) is 0.750. The number of carbonyl (C=O) groups excluding carboxylic acids is 2. The smallest absolute Gasteiger partial charge is 0.243 e. The van der Waals surface area contributed by atoms with Crippen molar-refractivity contribution in [1.82, 2.24) is 10.8 Å². The van der Waals surface area contributed by atoms with E-state index < -0.39 is 0 Å². The summed E-state index contributed by atoms with van der Waals surface area (Å²) in [6, 6.07) is 0. The highest BCUT2D eigenvalue weighted by Gasteiger charge is 1.97. The minimum Gasteiger partial charge on any atom is -0.356 e. The van der Waals surface area contributed by atoms with Crippen molar-refractivity contribution in [3.63, 3.8) is 0 Å². The number of hydroxylamine groups is 1. The lowest BCUT2D eigenvalue weighted by Gasteiger charge is -2.01. The summed E-state index contributed by atoms with van der Waals surface area (Å²) in [6.45, 7) is 2.12. The highest BCUT2D eigenvalue weighted by molar-refractivity contribution is 5.74. The van der Waals surface area contributed by atoms with E-state index in [-0.39, 0.29) is 11.8 Å². The van der Waals surface area contributed by atoms with Crippen LogP contribution in [0.1, 0.15) is 32.6 Å². The molecule has 5 nitrogen and oxygen atoms in total. The monoisotopic (exact) mass is 188 g/mol. The van der Waals surface area contributed by atoms with Gasteiger partial charge in [-0.1, -0.05) is 6.42 Å². The van der Waals surface area contributed by atoms with Crippen LogP contribution in [0.5, 0.6) is 0 Å². The molecule has 0 unspecified atom stereocenters. The SMILES string of the molecule is CC(=O)NCCCCCC(=O)NO. The molecule has 0 aromatic heterocycles. The van der Waals surface area contributed by atoms with Crippen LogP contribution in [0.3, 0.4) is 0 Å². The summed E-state index contributed by atoms with van der Waals surface area (Å²) in [7, 11) is 0. The van der Waals surface area contributed by atoms with E-state index in [0.717, 1.165) is 19.3 Å². The van der Waals surface area contributed by atoms with Gasteiger partial charge in [0.1, 0.15) is 0 Å². The van der Waals surface area contributed by atoms with Crippen molar-refractivity contribution in [2.24, 2.45) is 0 Å². The van der Waals surface area contributed by atoms with Gasteiger partial charge in [0, 0.05) is 19.9 Å². The molecule has 0 radical (unpaired) electrons. The Kier molecular flexibility index (Phi) is 6.91. The maximum absolute atomic E-state index is 10.5. The lowest BCUT2D eigenvalue weighted by molar-refractivity contribution is -0.129. The third-order valence-electron chi connectivity index (χ3n) is 1.58. The van der Waals surface area contributed by atoms with Crippen LogP contribution < -0.4 is 10.8 Å². The molecule has 0 aliphatic carbocycles. The second kappa shape index (κ2) is 7.54. The molecule has 0 aromatic carbocycles. The van der Waals surface area contributed by atoms with Gasteiger partial charge in [-0.25, -0.2) is 5.48 Å². The molecule has 0 atom stereocenters. The zero-order valence-corrected chi connectivity index (χ0v) is 7.80. The molecule has 76 valence electrons. The molecule has 0 spiro atoms. The lowest BCUT2D eigenvalue weighted by atomic mass is 10.2. The molecule has 13 heavy (non-hydrogen) atoms. The van der Waals surface area contributed by atoms with Crippen molar-refractivity contribution in [1.29, 1.82) is 0 Å². The van der Waals surface area contributed by atoms with Crippen LogP contribution in [0.25, 0.3) is 0 Å². The molecule has 0 saturated heterocycles. The first-order chi connectivity index (χ1) is 6.16. The molecule has 0 aliphatic heterocycles. The standard InChI is InChI=1S/C8H16N2O3/c1-7(11)9-6-4-2-3-5-8(12)10-13/h13H,2-6H2,1H3,(H,9,11)(H,10,12). The number of nitrogens with one attached hydrogen (secondary N) is 2. The largest absolute Gasteiger partial charge is 0.356 e. The van der Waals surface area contributed by atoms with Crippen molar-refractivity contribution >= 4 is 11.8 Å². The zero-order valence-electron chi connectivity index (χ0n) is 7.80. The summed E-state index contributed by atoms with van der Waals surface area (Å²) in [4.78, 5) is 20.9. The molecule has 0 bridgehead atoms. The zero-order chi connectivity index (χ0) is 10.1. The number of rotatable bonds is 6. The van der Waals surface area contributed by atoms with Crippen LogP contribution in [0, 0.1) is 0 Å². The topological polar surface area (TPSA) is 78.4 Å². The van der Waals surface area contributed by atoms with E-state index in [0.29, 0.717) is 13.0 Å². The number of carbonyl (C=O) groups is 2. The quantitative estimate of drug-likeness (QED) is 0.316. The number of hydrogen-bond acceptors (Lipinski definition) is 3. The van der Waals surface area contributed by atoms with E-state index in [1.807, 2.05) is 0 Å². The third-order valence-corrected chi connectivity index (χ3v) is 1.58. The molecule has 0 fully saturated rings. The maximum Gasteiger partial charge on any atom is 0.243 e. The van der Waals surface area contributed by atoms with Crippen LogP contribution >= 0.6 is 0 Å². The molecule has 5 heteroatoms. The van der Waals surface area contributed by atoms with Crippen molar-refractivity contribution in [3.05, 3.63) is 0 Å². The van der Waals surface area contributed by atoms with Crippen molar-refractivity contribution < 1.29 is 14.8 Å². The van der Waals surface area contributed by atoms with Gasteiger partial charge in [0.15, 0.2) is 0 Å². The first-order valence-corrected chi connectivity index (χ1v) is 4.34. The minimum absolute atomic E-state index is 0.0342. The van der Waals surface area contributed by atoms with Crippen LogP contribution in [-0.2, 0) is 9.59 Å². The molecular weight excluding hydrogens is 172 g/mol. The third kappa shape index (κ3) is 8.81. The van der Waals surface area contributed by atoms with Gasteiger partial charge in [-0.2, -0.15) is 0 Å². The van der Waals surface area contributed by atoms with E-state index in [9.17, 15) is 9.59 Å². The highest BCUT2D eigenvalue weighted by atomic mass is 16.5. The van der Waals surface area contributed by atoms with Gasteiger partial charge in [-0.15, -0.1) is 0 Å². The van der Waals surface area contributed by atoms with E-state index in [1.54, 1.807) is 5.48 Å². The summed E-state index contributed by atoms with van der Waals surface area (Å²) >= 11 is 0. The Morgan fingerprint density at radius 1 is 1.23 bits per heavy atom. The van der Waals surface area contributed by atoms with E-state index >= 15 is 0 Å². The summed E-state index contributed by atoms with van der Waals surface area (Å²) in [6.07, 6.45) is 2.79. The molecule has 0 rings (SSSR count). The number of unbranched alkanes of at least 4 members (excludes halogenated alkanes) is 2.